The first kappa shape index (κ1) is 16.2. The van der Waals surface area contributed by atoms with Gasteiger partial charge in [0.2, 0.25) is 5.91 Å². The van der Waals surface area contributed by atoms with Gasteiger partial charge in [0.1, 0.15) is 12.1 Å². The van der Waals surface area contributed by atoms with Crippen molar-refractivity contribution in [2.24, 2.45) is 0 Å². The monoisotopic (exact) mass is 331 g/mol. The lowest BCUT2D eigenvalue weighted by Crippen LogP contribution is -2.50. The zero-order valence-electron chi connectivity index (χ0n) is 13.6. The molecule has 0 radical (unpaired) electrons. The van der Waals surface area contributed by atoms with Crippen LogP contribution in [-0.2, 0) is 16.1 Å². The Labute approximate surface area is 139 Å². The van der Waals surface area contributed by atoms with E-state index in [4.69, 9.17) is 4.74 Å². The van der Waals surface area contributed by atoms with Crippen LogP contribution in [0.1, 0.15) is 19.8 Å². The quantitative estimate of drug-likeness (QED) is 0.908. The van der Waals surface area contributed by atoms with E-state index in [1.165, 1.54) is 0 Å². The molecule has 1 aromatic carbocycles. The molecule has 1 N–H and O–H groups in total. The van der Waals surface area contributed by atoms with Crippen LogP contribution >= 0.6 is 0 Å². The van der Waals surface area contributed by atoms with Crippen LogP contribution in [-0.4, -0.2) is 57.6 Å². The van der Waals surface area contributed by atoms with Crippen LogP contribution in [0.5, 0.6) is 0 Å². The van der Waals surface area contributed by atoms with Crippen molar-refractivity contribution < 1.29 is 14.3 Å². The number of hydrogen-bond acceptors (Lipinski definition) is 5. The number of benzene rings is 1. The molecule has 2 heterocycles. The molecule has 1 saturated heterocycles. The Balaban J connectivity index is 1.61. The third kappa shape index (κ3) is 3.64. The van der Waals surface area contributed by atoms with Crippen molar-refractivity contribution in [1.82, 2.24) is 25.2 Å². The van der Waals surface area contributed by atoms with Crippen molar-refractivity contribution in [3.05, 3.63) is 24.3 Å². The molecule has 0 unspecified atom stereocenters. The Kier molecular flexibility index (Phi) is 4.93. The van der Waals surface area contributed by atoms with Gasteiger partial charge in [-0.05, 0) is 31.9 Å². The molecule has 24 heavy (non-hydrogen) atoms. The maximum absolute atomic E-state index is 12.6. The van der Waals surface area contributed by atoms with Crippen molar-refractivity contribution in [2.45, 2.75) is 32.4 Å². The summed E-state index contributed by atoms with van der Waals surface area (Å²) in [5, 5.41) is 10.9. The number of likely N-dealkylation sites (tertiary alicyclic amines) is 1. The normalized spacial score (nSPS) is 17.7. The van der Waals surface area contributed by atoms with E-state index in [2.05, 4.69) is 15.6 Å². The van der Waals surface area contributed by atoms with E-state index < -0.39 is 6.09 Å². The minimum absolute atomic E-state index is 0.0268. The summed E-state index contributed by atoms with van der Waals surface area (Å²) in [4.78, 5) is 25.9. The van der Waals surface area contributed by atoms with Crippen molar-refractivity contribution >= 4 is 23.0 Å². The highest BCUT2D eigenvalue weighted by Crippen LogP contribution is 2.13. The van der Waals surface area contributed by atoms with Gasteiger partial charge in [-0.1, -0.05) is 17.3 Å². The molecule has 1 aliphatic rings. The molecule has 2 aromatic rings. The predicted molar refractivity (Wildman–Crippen MR) is 87.3 cm³/mol. The Morgan fingerprint density at radius 3 is 3.04 bits per heavy atom. The standard InChI is InChI=1S/C16H21N5O3/c1-2-24-16(23)17-12-6-5-9-20(10-12)15(22)11-21-14-8-4-3-7-13(14)18-19-21/h3-4,7-8,12H,2,5-6,9-11H2,1H3,(H,17,23)/t12-/m0/s1. The number of nitrogens with one attached hydrogen (secondary N) is 1. The lowest BCUT2D eigenvalue weighted by atomic mass is 10.1. The third-order valence-electron chi connectivity index (χ3n) is 4.08. The average Bonchev–Trinajstić information content (AvgIpc) is 2.98. The van der Waals surface area contributed by atoms with Gasteiger partial charge < -0.3 is 15.0 Å². The fourth-order valence-corrected chi connectivity index (χ4v) is 2.92. The van der Waals surface area contributed by atoms with Crippen LogP contribution in [0.25, 0.3) is 11.0 Å². The zero-order valence-corrected chi connectivity index (χ0v) is 13.6. The maximum Gasteiger partial charge on any atom is 0.407 e. The van der Waals surface area contributed by atoms with E-state index in [1.54, 1.807) is 16.5 Å². The summed E-state index contributed by atoms with van der Waals surface area (Å²) in [7, 11) is 0. The Morgan fingerprint density at radius 2 is 2.21 bits per heavy atom. The molecule has 3 rings (SSSR count). The predicted octanol–water partition coefficient (Wildman–Crippen LogP) is 1.17. The Bertz CT molecular complexity index is 729. The molecule has 2 amide bonds. The first-order chi connectivity index (χ1) is 11.7. The second-order valence-electron chi connectivity index (χ2n) is 5.78. The molecule has 0 saturated carbocycles. The molecule has 1 aliphatic heterocycles. The number of carbonyl (C=O) groups is 2. The van der Waals surface area contributed by atoms with Gasteiger partial charge in [0, 0.05) is 19.1 Å². The molecule has 1 aromatic heterocycles. The minimum Gasteiger partial charge on any atom is -0.450 e. The molecule has 128 valence electrons. The lowest BCUT2D eigenvalue weighted by Gasteiger charge is -2.32. The fraction of sp³-hybridized carbons (Fsp3) is 0.500. The van der Waals surface area contributed by atoms with Crippen molar-refractivity contribution in [2.75, 3.05) is 19.7 Å². The molecule has 0 spiro atoms. The SMILES string of the molecule is CCOC(=O)N[C@H]1CCCN(C(=O)Cn2nnc3ccccc32)C1. The van der Waals surface area contributed by atoms with Crippen LogP contribution in [0.4, 0.5) is 4.79 Å². The van der Waals surface area contributed by atoms with Crippen molar-refractivity contribution in [3.8, 4) is 0 Å². The third-order valence-corrected chi connectivity index (χ3v) is 4.08. The van der Waals surface area contributed by atoms with Crippen molar-refractivity contribution in [3.63, 3.8) is 0 Å². The van der Waals surface area contributed by atoms with Gasteiger partial charge in [-0.15, -0.1) is 5.10 Å². The fourth-order valence-electron chi connectivity index (χ4n) is 2.92. The number of fused-ring (bicyclic) bond motifs is 1. The van der Waals surface area contributed by atoms with Crippen LogP contribution in [0.3, 0.4) is 0 Å². The highest BCUT2D eigenvalue weighted by molar-refractivity contribution is 5.80. The number of carbonyl (C=O) groups excluding carboxylic acids is 2. The van der Waals surface area contributed by atoms with Gasteiger partial charge >= 0.3 is 6.09 Å². The molecular weight excluding hydrogens is 310 g/mol. The first-order valence-electron chi connectivity index (χ1n) is 8.16. The molecule has 8 heteroatoms. The molecule has 0 aliphatic carbocycles. The molecule has 8 nitrogen and oxygen atoms in total. The van der Waals surface area contributed by atoms with Crippen LogP contribution in [0, 0.1) is 0 Å². The van der Waals surface area contributed by atoms with Gasteiger partial charge in [0.15, 0.2) is 0 Å². The molecule has 1 atom stereocenters. The molecule has 0 bridgehead atoms. The highest BCUT2D eigenvalue weighted by Gasteiger charge is 2.25. The van der Waals surface area contributed by atoms with E-state index in [0.29, 0.717) is 19.7 Å². The number of rotatable bonds is 4. The van der Waals surface area contributed by atoms with E-state index in [1.807, 2.05) is 24.3 Å². The number of piperidine rings is 1. The summed E-state index contributed by atoms with van der Waals surface area (Å²) >= 11 is 0. The van der Waals surface area contributed by atoms with E-state index in [-0.39, 0.29) is 18.5 Å². The molecule has 1 fully saturated rings. The zero-order chi connectivity index (χ0) is 16.9. The smallest absolute Gasteiger partial charge is 0.407 e. The number of para-hydroxylation sites is 1. The maximum atomic E-state index is 12.6. The van der Waals surface area contributed by atoms with E-state index in [0.717, 1.165) is 23.9 Å². The number of ether oxygens (including phenoxy) is 1. The van der Waals surface area contributed by atoms with Gasteiger partial charge in [0.05, 0.1) is 12.1 Å². The minimum atomic E-state index is -0.431. The summed E-state index contributed by atoms with van der Waals surface area (Å²) in [5.74, 6) is -0.0268. The average molecular weight is 331 g/mol. The van der Waals surface area contributed by atoms with Crippen LogP contribution < -0.4 is 5.32 Å². The summed E-state index contributed by atoms with van der Waals surface area (Å²) in [5.41, 5.74) is 1.61. The summed E-state index contributed by atoms with van der Waals surface area (Å²) in [6.45, 7) is 3.42. The summed E-state index contributed by atoms with van der Waals surface area (Å²) in [6.07, 6.45) is 1.26. The second-order valence-corrected chi connectivity index (χ2v) is 5.78. The van der Waals surface area contributed by atoms with Crippen molar-refractivity contribution in [1.29, 1.82) is 0 Å². The topological polar surface area (TPSA) is 89.4 Å². The second kappa shape index (κ2) is 7.29. The Hall–Kier alpha value is -2.64. The number of aromatic nitrogens is 3. The number of amides is 2. The van der Waals surface area contributed by atoms with Gasteiger partial charge in [-0.2, -0.15) is 0 Å². The van der Waals surface area contributed by atoms with Gasteiger partial charge in [0.25, 0.3) is 0 Å². The largest absolute Gasteiger partial charge is 0.450 e. The first-order valence-corrected chi connectivity index (χ1v) is 8.16. The Morgan fingerprint density at radius 1 is 1.38 bits per heavy atom. The van der Waals surface area contributed by atoms with Crippen LogP contribution in [0.2, 0.25) is 0 Å². The number of hydrogen-bond donors (Lipinski definition) is 1. The van der Waals surface area contributed by atoms with E-state index in [9.17, 15) is 9.59 Å². The van der Waals surface area contributed by atoms with E-state index >= 15 is 0 Å². The summed E-state index contributed by atoms with van der Waals surface area (Å²) in [6, 6.07) is 7.47. The molecular formula is C16H21N5O3. The van der Waals surface area contributed by atoms with Gasteiger partial charge in [-0.25, -0.2) is 9.48 Å². The lowest BCUT2D eigenvalue weighted by molar-refractivity contribution is -0.133. The number of nitrogens with zero attached hydrogens (tertiary/aromatic N) is 4. The number of alkyl carbamates (subject to hydrolysis) is 1. The highest BCUT2D eigenvalue weighted by atomic mass is 16.5. The summed E-state index contributed by atoms with van der Waals surface area (Å²) < 4.78 is 6.51. The van der Waals surface area contributed by atoms with Crippen LogP contribution in [0.15, 0.2) is 24.3 Å². The van der Waals surface area contributed by atoms with Gasteiger partial charge in [-0.3, -0.25) is 4.79 Å².